The molecule has 0 unspecified atom stereocenters. The van der Waals surface area contributed by atoms with E-state index in [1.165, 1.54) is 12.8 Å². The van der Waals surface area contributed by atoms with E-state index in [4.69, 9.17) is 4.74 Å². The van der Waals surface area contributed by atoms with Gasteiger partial charge in [-0.15, -0.1) is 0 Å². The fraction of sp³-hybridized carbons (Fsp3) is 0.562. The number of anilines is 1. The zero-order valence-electron chi connectivity index (χ0n) is 12.0. The van der Waals surface area contributed by atoms with Crippen molar-refractivity contribution in [2.45, 2.75) is 25.9 Å². The molecule has 4 heteroatoms. The van der Waals surface area contributed by atoms with E-state index in [9.17, 15) is 4.79 Å². The standard InChI is InChI=1S/C16H22N2O2/c1-13-6-5-9-17(10-13)11-15-12-18(16(19)20-15)14-7-3-2-4-8-14/h2-4,7-8,13,15H,5-6,9-12H2,1H3/t13-,15+/m1/s1. The molecule has 0 N–H and O–H groups in total. The normalized spacial score (nSPS) is 27.6. The van der Waals surface area contributed by atoms with Crippen molar-refractivity contribution in [2.75, 3.05) is 31.1 Å². The van der Waals surface area contributed by atoms with Crippen LogP contribution in [-0.2, 0) is 4.74 Å². The van der Waals surface area contributed by atoms with Crippen molar-refractivity contribution >= 4 is 11.8 Å². The van der Waals surface area contributed by atoms with Gasteiger partial charge in [-0.2, -0.15) is 0 Å². The summed E-state index contributed by atoms with van der Waals surface area (Å²) in [5.74, 6) is 0.756. The number of piperidine rings is 1. The van der Waals surface area contributed by atoms with Gasteiger partial charge in [0.2, 0.25) is 0 Å². The Hall–Kier alpha value is -1.55. The fourth-order valence-electron chi connectivity index (χ4n) is 3.18. The van der Waals surface area contributed by atoms with E-state index in [1.54, 1.807) is 4.90 Å². The van der Waals surface area contributed by atoms with Gasteiger partial charge in [-0.3, -0.25) is 9.80 Å². The van der Waals surface area contributed by atoms with Crippen molar-refractivity contribution in [1.29, 1.82) is 0 Å². The number of hydrogen-bond donors (Lipinski definition) is 0. The van der Waals surface area contributed by atoms with Gasteiger partial charge in [0.05, 0.1) is 6.54 Å². The summed E-state index contributed by atoms with van der Waals surface area (Å²) in [4.78, 5) is 16.1. The molecular formula is C16H22N2O2. The third-order valence-corrected chi connectivity index (χ3v) is 4.14. The second-order valence-electron chi connectivity index (χ2n) is 5.96. The average molecular weight is 274 g/mol. The van der Waals surface area contributed by atoms with E-state index in [-0.39, 0.29) is 12.2 Å². The lowest BCUT2D eigenvalue weighted by Crippen LogP contribution is -2.40. The molecule has 0 saturated carbocycles. The van der Waals surface area contributed by atoms with Crippen LogP contribution in [0.4, 0.5) is 10.5 Å². The molecule has 0 aromatic heterocycles. The Labute approximate surface area is 120 Å². The number of nitrogens with zero attached hydrogens (tertiary/aromatic N) is 2. The lowest BCUT2D eigenvalue weighted by atomic mass is 10.00. The van der Waals surface area contributed by atoms with Crippen LogP contribution in [0.2, 0.25) is 0 Å². The molecule has 0 spiro atoms. The molecule has 2 aliphatic heterocycles. The van der Waals surface area contributed by atoms with E-state index in [0.717, 1.165) is 31.2 Å². The van der Waals surface area contributed by atoms with Gasteiger partial charge in [-0.1, -0.05) is 25.1 Å². The number of carbonyl (C=O) groups excluding carboxylic acids is 1. The maximum absolute atomic E-state index is 12.0. The Morgan fingerprint density at radius 3 is 2.80 bits per heavy atom. The molecule has 1 aromatic carbocycles. The maximum atomic E-state index is 12.0. The van der Waals surface area contributed by atoms with Gasteiger partial charge in [-0.05, 0) is 37.4 Å². The second kappa shape index (κ2) is 5.83. The molecule has 0 aliphatic carbocycles. The minimum atomic E-state index is -0.216. The Kier molecular flexibility index (Phi) is 3.92. The zero-order chi connectivity index (χ0) is 13.9. The van der Waals surface area contributed by atoms with E-state index in [1.807, 2.05) is 30.3 Å². The van der Waals surface area contributed by atoms with Crippen LogP contribution in [0.5, 0.6) is 0 Å². The molecule has 108 valence electrons. The highest BCUT2D eigenvalue weighted by Crippen LogP contribution is 2.23. The minimum Gasteiger partial charge on any atom is -0.443 e. The smallest absolute Gasteiger partial charge is 0.414 e. The summed E-state index contributed by atoms with van der Waals surface area (Å²) >= 11 is 0. The zero-order valence-corrected chi connectivity index (χ0v) is 12.0. The minimum absolute atomic E-state index is 0.00648. The van der Waals surface area contributed by atoms with Gasteiger partial charge >= 0.3 is 6.09 Å². The van der Waals surface area contributed by atoms with Crippen molar-refractivity contribution in [3.05, 3.63) is 30.3 Å². The molecule has 20 heavy (non-hydrogen) atoms. The molecule has 2 saturated heterocycles. The van der Waals surface area contributed by atoms with Crippen LogP contribution >= 0.6 is 0 Å². The third-order valence-electron chi connectivity index (χ3n) is 4.14. The predicted octanol–water partition coefficient (Wildman–Crippen LogP) is 2.74. The molecule has 2 heterocycles. The Morgan fingerprint density at radius 1 is 1.25 bits per heavy atom. The summed E-state index contributed by atoms with van der Waals surface area (Å²) in [5, 5.41) is 0. The molecular weight excluding hydrogens is 252 g/mol. The lowest BCUT2D eigenvalue weighted by Gasteiger charge is -2.31. The summed E-state index contributed by atoms with van der Waals surface area (Å²) in [5.41, 5.74) is 0.923. The number of amides is 1. The van der Waals surface area contributed by atoms with Crippen LogP contribution in [0.1, 0.15) is 19.8 Å². The van der Waals surface area contributed by atoms with Crippen molar-refractivity contribution < 1.29 is 9.53 Å². The topological polar surface area (TPSA) is 32.8 Å². The first-order valence-electron chi connectivity index (χ1n) is 7.48. The molecule has 4 nitrogen and oxygen atoms in total. The molecule has 0 bridgehead atoms. The van der Waals surface area contributed by atoms with Crippen LogP contribution in [-0.4, -0.2) is 43.3 Å². The highest BCUT2D eigenvalue weighted by molar-refractivity contribution is 5.89. The number of likely N-dealkylation sites (tertiary alicyclic amines) is 1. The Balaban J connectivity index is 1.59. The van der Waals surface area contributed by atoms with Crippen LogP contribution < -0.4 is 4.90 Å². The molecule has 1 amide bonds. The average Bonchev–Trinajstić information content (AvgIpc) is 2.80. The van der Waals surface area contributed by atoms with E-state index in [2.05, 4.69) is 11.8 Å². The number of carbonyl (C=O) groups is 1. The summed E-state index contributed by atoms with van der Waals surface area (Å²) in [6.07, 6.45) is 2.35. The van der Waals surface area contributed by atoms with E-state index < -0.39 is 0 Å². The number of hydrogen-bond acceptors (Lipinski definition) is 3. The van der Waals surface area contributed by atoms with Gasteiger partial charge in [0.25, 0.3) is 0 Å². The molecule has 0 radical (unpaired) electrons. The van der Waals surface area contributed by atoms with Crippen molar-refractivity contribution in [1.82, 2.24) is 4.90 Å². The number of ether oxygens (including phenoxy) is 1. The largest absolute Gasteiger partial charge is 0.443 e. The van der Waals surface area contributed by atoms with Gasteiger partial charge in [0.1, 0.15) is 6.10 Å². The van der Waals surface area contributed by atoms with E-state index in [0.29, 0.717) is 6.54 Å². The lowest BCUT2D eigenvalue weighted by molar-refractivity contribution is 0.0901. The van der Waals surface area contributed by atoms with Gasteiger partial charge in [-0.25, -0.2) is 4.79 Å². The predicted molar refractivity (Wildman–Crippen MR) is 78.9 cm³/mol. The second-order valence-corrected chi connectivity index (χ2v) is 5.96. The molecule has 2 atom stereocenters. The number of cyclic esters (lactones) is 1. The SMILES string of the molecule is C[C@@H]1CCCN(C[C@H]2CN(c3ccccc3)C(=O)O2)C1. The Morgan fingerprint density at radius 2 is 2.05 bits per heavy atom. The summed E-state index contributed by atoms with van der Waals surface area (Å²) in [6, 6.07) is 9.75. The van der Waals surface area contributed by atoms with Crippen LogP contribution in [0.25, 0.3) is 0 Å². The summed E-state index contributed by atoms with van der Waals surface area (Å²) in [6.45, 7) is 6.07. The van der Waals surface area contributed by atoms with Crippen molar-refractivity contribution in [3.63, 3.8) is 0 Å². The molecule has 1 aromatic rings. The van der Waals surface area contributed by atoms with Crippen LogP contribution in [0.15, 0.2) is 30.3 Å². The first-order valence-corrected chi connectivity index (χ1v) is 7.48. The maximum Gasteiger partial charge on any atom is 0.414 e. The quantitative estimate of drug-likeness (QED) is 0.849. The highest BCUT2D eigenvalue weighted by atomic mass is 16.6. The molecule has 3 rings (SSSR count). The highest BCUT2D eigenvalue weighted by Gasteiger charge is 2.33. The van der Waals surface area contributed by atoms with Crippen molar-refractivity contribution in [2.24, 2.45) is 5.92 Å². The number of para-hydroxylation sites is 1. The molecule has 2 fully saturated rings. The first-order chi connectivity index (χ1) is 9.72. The van der Waals surface area contributed by atoms with Crippen LogP contribution in [0.3, 0.4) is 0 Å². The third kappa shape index (κ3) is 2.96. The van der Waals surface area contributed by atoms with Gasteiger partial charge in [0.15, 0.2) is 0 Å². The van der Waals surface area contributed by atoms with Gasteiger partial charge in [0, 0.05) is 18.8 Å². The number of rotatable bonds is 3. The van der Waals surface area contributed by atoms with Crippen LogP contribution in [0, 0.1) is 5.92 Å². The fourth-order valence-corrected chi connectivity index (χ4v) is 3.18. The number of benzene rings is 1. The summed E-state index contributed by atoms with van der Waals surface area (Å²) < 4.78 is 5.51. The Bertz CT molecular complexity index is 463. The van der Waals surface area contributed by atoms with Gasteiger partial charge < -0.3 is 4.74 Å². The molecule has 2 aliphatic rings. The van der Waals surface area contributed by atoms with E-state index >= 15 is 0 Å². The summed E-state index contributed by atoms with van der Waals surface area (Å²) in [7, 11) is 0. The first kappa shape index (κ1) is 13.4. The van der Waals surface area contributed by atoms with Crippen molar-refractivity contribution in [3.8, 4) is 0 Å². The monoisotopic (exact) mass is 274 g/mol.